The molecule has 0 fully saturated rings. The second-order valence-corrected chi connectivity index (χ2v) is 5.99. The number of nitrogens with one attached hydrogen (secondary N) is 1. The molecular formula is C18H32N2O. The molecule has 1 N–H and O–H groups in total. The lowest BCUT2D eigenvalue weighted by molar-refractivity contribution is 0.0918. The highest BCUT2D eigenvalue weighted by Crippen LogP contribution is 2.23. The fourth-order valence-electron chi connectivity index (χ4n) is 3.11. The standard InChI is InChI=1S/C18H32N2O/c1-7-19-17(18(4,5)20(8-2)9-3)14-15-11-10-12-16(13-15)21-6/h10-13,17,19H,7-9,14H2,1-6H3. The van der Waals surface area contributed by atoms with Crippen molar-refractivity contribution in [1.29, 1.82) is 0 Å². The summed E-state index contributed by atoms with van der Waals surface area (Å²) in [4.78, 5) is 2.53. The van der Waals surface area contributed by atoms with Crippen molar-refractivity contribution in [2.24, 2.45) is 0 Å². The number of hydrogen-bond acceptors (Lipinski definition) is 3. The molecule has 0 bridgehead atoms. The van der Waals surface area contributed by atoms with Gasteiger partial charge in [-0.15, -0.1) is 0 Å². The monoisotopic (exact) mass is 292 g/mol. The quantitative estimate of drug-likeness (QED) is 0.755. The highest BCUT2D eigenvalue weighted by molar-refractivity contribution is 5.29. The fraction of sp³-hybridized carbons (Fsp3) is 0.667. The molecule has 0 spiro atoms. The van der Waals surface area contributed by atoms with Crippen molar-refractivity contribution < 1.29 is 4.74 Å². The van der Waals surface area contributed by atoms with E-state index in [0.29, 0.717) is 6.04 Å². The Morgan fingerprint density at radius 3 is 2.38 bits per heavy atom. The maximum absolute atomic E-state index is 5.34. The maximum Gasteiger partial charge on any atom is 0.119 e. The molecule has 0 saturated carbocycles. The number of likely N-dealkylation sites (N-methyl/N-ethyl adjacent to an activating group) is 2. The Bertz CT molecular complexity index is 413. The van der Waals surface area contributed by atoms with E-state index in [4.69, 9.17) is 4.74 Å². The average Bonchev–Trinajstić information content (AvgIpc) is 2.48. The molecule has 1 aromatic carbocycles. The predicted molar refractivity (Wildman–Crippen MR) is 91.2 cm³/mol. The third-order valence-corrected chi connectivity index (χ3v) is 4.46. The van der Waals surface area contributed by atoms with Crippen LogP contribution in [-0.2, 0) is 6.42 Å². The van der Waals surface area contributed by atoms with E-state index < -0.39 is 0 Å². The van der Waals surface area contributed by atoms with Gasteiger partial charge >= 0.3 is 0 Å². The van der Waals surface area contributed by atoms with Crippen molar-refractivity contribution in [3.63, 3.8) is 0 Å². The van der Waals surface area contributed by atoms with Crippen LogP contribution >= 0.6 is 0 Å². The molecule has 21 heavy (non-hydrogen) atoms. The Hall–Kier alpha value is -1.06. The normalized spacial score (nSPS) is 13.5. The molecular weight excluding hydrogens is 260 g/mol. The molecule has 1 atom stereocenters. The number of methoxy groups -OCH3 is 1. The molecule has 0 aliphatic carbocycles. The van der Waals surface area contributed by atoms with Crippen molar-refractivity contribution in [3.05, 3.63) is 29.8 Å². The van der Waals surface area contributed by atoms with E-state index in [1.54, 1.807) is 7.11 Å². The average molecular weight is 292 g/mol. The summed E-state index contributed by atoms with van der Waals surface area (Å²) in [5.41, 5.74) is 1.43. The Balaban J connectivity index is 2.94. The van der Waals surface area contributed by atoms with Crippen molar-refractivity contribution in [2.45, 2.75) is 52.6 Å². The zero-order valence-electron chi connectivity index (χ0n) is 14.6. The molecule has 1 aromatic rings. The van der Waals surface area contributed by atoms with Crippen molar-refractivity contribution in [1.82, 2.24) is 10.2 Å². The van der Waals surface area contributed by atoms with Gasteiger partial charge in [-0.05, 0) is 57.6 Å². The van der Waals surface area contributed by atoms with E-state index in [2.05, 4.69) is 63.0 Å². The van der Waals surface area contributed by atoms with Gasteiger partial charge in [-0.25, -0.2) is 0 Å². The van der Waals surface area contributed by atoms with E-state index in [1.807, 2.05) is 6.07 Å². The summed E-state index contributed by atoms with van der Waals surface area (Å²) < 4.78 is 5.34. The Morgan fingerprint density at radius 1 is 1.19 bits per heavy atom. The minimum Gasteiger partial charge on any atom is -0.497 e. The van der Waals surface area contributed by atoms with Crippen LogP contribution in [0.1, 0.15) is 40.2 Å². The van der Waals surface area contributed by atoms with Crippen LogP contribution in [0, 0.1) is 0 Å². The lowest BCUT2D eigenvalue weighted by Crippen LogP contribution is -2.58. The summed E-state index contributed by atoms with van der Waals surface area (Å²) in [5, 5.41) is 3.68. The number of ether oxygens (including phenoxy) is 1. The third kappa shape index (κ3) is 4.72. The van der Waals surface area contributed by atoms with Crippen LogP contribution in [0.25, 0.3) is 0 Å². The van der Waals surface area contributed by atoms with Crippen LogP contribution in [0.5, 0.6) is 5.75 Å². The van der Waals surface area contributed by atoms with Gasteiger partial charge in [0.05, 0.1) is 7.11 Å². The van der Waals surface area contributed by atoms with Crippen LogP contribution in [0.3, 0.4) is 0 Å². The lowest BCUT2D eigenvalue weighted by atomic mass is 9.87. The zero-order chi connectivity index (χ0) is 15.9. The van der Waals surface area contributed by atoms with Gasteiger partial charge in [0.15, 0.2) is 0 Å². The second kappa shape index (κ2) is 8.40. The summed E-state index contributed by atoms with van der Waals surface area (Å²) in [6, 6.07) is 8.81. The Labute approximate surface area is 130 Å². The number of benzene rings is 1. The number of hydrogen-bond donors (Lipinski definition) is 1. The molecule has 0 heterocycles. The van der Waals surface area contributed by atoms with Crippen molar-refractivity contribution in [2.75, 3.05) is 26.7 Å². The summed E-state index contributed by atoms with van der Waals surface area (Å²) in [7, 11) is 1.72. The maximum atomic E-state index is 5.34. The highest BCUT2D eigenvalue weighted by atomic mass is 16.5. The first kappa shape index (κ1) is 18.0. The molecule has 0 aromatic heterocycles. The minimum atomic E-state index is 0.114. The van der Waals surface area contributed by atoms with Gasteiger partial charge in [0.2, 0.25) is 0 Å². The van der Waals surface area contributed by atoms with Crippen LogP contribution < -0.4 is 10.1 Å². The first-order valence-corrected chi connectivity index (χ1v) is 8.10. The van der Waals surface area contributed by atoms with E-state index >= 15 is 0 Å². The minimum absolute atomic E-state index is 0.114. The van der Waals surface area contributed by atoms with Crippen molar-refractivity contribution in [3.8, 4) is 5.75 Å². The SMILES string of the molecule is CCNC(Cc1cccc(OC)c1)C(C)(C)N(CC)CC. The van der Waals surface area contributed by atoms with Crippen LogP contribution in [0.2, 0.25) is 0 Å². The van der Waals surface area contributed by atoms with Crippen LogP contribution in [0.15, 0.2) is 24.3 Å². The Kier molecular flexibility index (Phi) is 7.20. The number of nitrogens with zero attached hydrogens (tertiary/aromatic N) is 1. The summed E-state index contributed by atoms with van der Waals surface area (Å²) in [6.07, 6.45) is 1.01. The van der Waals surface area contributed by atoms with Crippen molar-refractivity contribution >= 4 is 0 Å². The lowest BCUT2D eigenvalue weighted by Gasteiger charge is -2.44. The zero-order valence-corrected chi connectivity index (χ0v) is 14.6. The molecule has 0 aliphatic rings. The van der Waals surface area contributed by atoms with Gasteiger partial charge in [-0.2, -0.15) is 0 Å². The van der Waals surface area contributed by atoms with Gasteiger partial charge in [-0.3, -0.25) is 4.90 Å². The number of rotatable bonds is 9. The molecule has 1 unspecified atom stereocenters. The first-order valence-electron chi connectivity index (χ1n) is 8.10. The summed E-state index contributed by atoms with van der Waals surface area (Å²) in [6.45, 7) is 14.5. The van der Waals surface area contributed by atoms with E-state index in [-0.39, 0.29) is 5.54 Å². The highest BCUT2D eigenvalue weighted by Gasteiger charge is 2.33. The molecule has 0 aliphatic heterocycles. The van der Waals surface area contributed by atoms with Gasteiger partial charge < -0.3 is 10.1 Å². The topological polar surface area (TPSA) is 24.5 Å². The summed E-state index contributed by atoms with van der Waals surface area (Å²) in [5.74, 6) is 0.934. The van der Waals surface area contributed by atoms with E-state index in [1.165, 1.54) is 5.56 Å². The smallest absolute Gasteiger partial charge is 0.119 e. The molecule has 0 saturated heterocycles. The largest absolute Gasteiger partial charge is 0.497 e. The van der Waals surface area contributed by atoms with E-state index in [9.17, 15) is 0 Å². The van der Waals surface area contributed by atoms with Gasteiger partial charge in [0.1, 0.15) is 5.75 Å². The molecule has 0 radical (unpaired) electrons. The molecule has 0 amide bonds. The second-order valence-electron chi connectivity index (χ2n) is 5.99. The first-order chi connectivity index (χ1) is 9.99. The molecule has 120 valence electrons. The van der Waals surface area contributed by atoms with Gasteiger partial charge in [0, 0.05) is 11.6 Å². The van der Waals surface area contributed by atoms with Gasteiger partial charge in [0.25, 0.3) is 0 Å². The molecule has 3 heteroatoms. The fourth-order valence-corrected chi connectivity index (χ4v) is 3.11. The predicted octanol–water partition coefficient (Wildman–Crippen LogP) is 3.34. The Morgan fingerprint density at radius 2 is 1.86 bits per heavy atom. The summed E-state index contributed by atoms with van der Waals surface area (Å²) >= 11 is 0. The van der Waals surface area contributed by atoms with Gasteiger partial charge in [-0.1, -0.05) is 32.9 Å². The van der Waals surface area contributed by atoms with Crippen LogP contribution in [-0.4, -0.2) is 43.2 Å². The molecule has 3 nitrogen and oxygen atoms in total. The third-order valence-electron chi connectivity index (χ3n) is 4.46. The van der Waals surface area contributed by atoms with Crippen LogP contribution in [0.4, 0.5) is 0 Å². The van der Waals surface area contributed by atoms with E-state index in [0.717, 1.165) is 31.8 Å². The molecule has 1 rings (SSSR count).